The van der Waals surface area contributed by atoms with Crippen molar-refractivity contribution in [3.8, 4) is 0 Å². The van der Waals surface area contributed by atoms with Crippen LogP contribution in [0.1, 0.15) is 0 Å². The fourth-order valence-corrected chi connectivity index (χ4v) is 4.01. The zero-order valence-electron chi connectivity index (χ0n) is 11.5. The van der Waals surface area contributed by atoms with E-state index in [1.807, 2.05) is 30.3 Å². The molecule has 0 heterocycles. The molecule has 0 atom stereocenters. The number of benzene rings is 2. The molecule has 0 aliphatic rings. The Balaban J connectivity index is 2.46. The number of rotatable bonds is 4. The molecule has 98 valence electrons. The molecule has 0 bridgehead atoms. The van der Waals surface area contributed by atoms with Crippen molar-refractivity contribution in [2.75, 3.05) is 4.57 Å². The molecular weight excluding hydrogens is 252 g/mol. The average Bonchev–Trinajstić information content (AvgIpc) is 2.39. The second-order valence-corrected chi connectivity index (χ2v) is 10.2. The quantitative estimate of drug-likeness (QED) is 0.574. The highest BCUT2D eigenvalue weighted by Crippen LogP contribution is 2.32. The van der Waals surface area contributed by atoms with Gasteiger partial charge in [-0.1, -0.05) is 37.8 Å². The molecule has 19 heavy (non-hydrogen) atoms. The fraction of sp³-hybridized carbons (Fsp3) is 0.200. The van der Waals surface area contributed by atoms with E-state index in [0.717, 1.165) is 5.69 Å². The van der Waals surface area contributed by atoms with Gasteiger partial charge in [-0.05, 0) is 41.6 Å². The molecule has 0 spiro atoms. The molecule has 0 N–H and O–H groups in total. The summed E-state index contributed by atoms with van der Waals surface area (Å²) in [6.07, 6.45) is 0. The summed E-state index contributed by atoms with van der Waals surface area (Å²) in [6, 6.07) is 17.8. The predicted molar refractivity (Wildman–Crippen MR) is 83.8 cm³/mol. The summed E-state index contributed by atoms with van der Waals surface area (Å²) < 4.78 is 2.38. The Kier molecular flexibility index (Phi) is 3.81. The lowest BCUT2D eigenvalue weighted by molar-refractivity contribution is 1.31. The van der Waals surface area contributed by atoms with Crippen molar-refractivity contribution in [1.82, 2.24) is 0 Å². The molecule has 0 aromatic heterocycles. The number of hydrogen-bond donors (Lipinski definition) is 0. The number of hydrogen-bond acceptors (Lipinski definition) is 3. The first kappa shape index (κ1) is 13.5. The lowest BCUT2D eigenvalue weighted by Gasteiger charge is -2.36. The first-order valence-electron chi connectivity index (χ1n) is 6.31. The molecule has 2 aromatic carbocycles. The van der Waals surface area contributed by atoms with E-state index < -0.39 is 8.24 Å². The number of nitrogens with zero attached hydrogens (tertiary/aromatic N) is 2. The van der Waals surface area contributed by atoms with Crippen LogP contribution in [0.2, 0.25) is 19.6 Å². The van der Waals surface area contributed by atoms with Gasteiger partial charge in [0.05, 0.1) is 0 Å². The lowest BCUT2D eigenvalue weighted by Crippen LogP contribution is -2.42. The van der Waals surface area contributed by atoms with Crippen molar-refractivity contribution in [1.29, 1.82) is 0 Å². The second kappa shape index (κ2) is 5.36. The molecule has 2 rings (SSSR count). The Morgan fingerprint density at radius 2 is 1.37 bits per heavy atom. The van der Waals surface area contributed by atoms with Gasteiger partial charge in [0.2, 0.25) is 0 Å². The molecule has 0 aliphatic heterocycles. The van der Waals surface area contributed by atoms with Gasteiger partial charge in [-0.2, -0.15) is 0 Å². The Hall–Kier alpha value is -1.94. The van der Waals surface area contributed by atoms with E-state index in [2.05, 4.69) is 41.5 Å². The molecule has 4 heteroatoms. The van der Waals surface area contributed by atoms with Crippen LogP contribution in [0.5, 0.6) is 0 Å². The largest absolute Gasteiger partial charge is 0.369 e. The zero-order valence-corrected chi connectivity index (χ0v) is 12.5. The van der Waals surface area contributed by atoms with Gasteiger partial charge >= 0.3 is 0 Å². The van der Waals surface area contributed by atoms with Crippen LogP contribution in [-0.4, -0.2) is 8.24 Å². The van der Waals surface area contributed by atoms with Crippen LogP contribution in [0.25, 0.3) is 0 Å². The van der Waals surface area contributed by atoms with Gasteiger partial charge in [0.25, 0.3) is 0 Å². The van der Waals surface area contributed by atoms with Gasteiger partial charge in [0.15, 0.2) is 8.24 Å². The maximum atomic E-state index is 10.5. The second-order valence-electron chi connectivity index (χ2n) is 5.45. The molecule has 0 fully saturated rings. The molecule has 0 unspecified atom stereocenters. The number of anilines is 2. The molecule has 0 aliphatic carbocycles. The van der Waals surface area contributed by atoms with E-state index in [9.17, 15) is 4.91 Å². The van der Waals surface area contributed by atoms with Crippen molar-refractivity contribution < 1.29 is 0 Å². The highest BCUT2D eigenvalue weighted by atomic mass is 28.3. The summed E-state index contributed by atoms with van der Waals surface area (Å²) in [6.45, 7) is 6.89. The maximum absolute atomic E-state index is 10.5. The normalized spacial score (nSPS) is 11.1. The smallest absolute Gasteiger partial charge is 0.153 e. The van der Waals surface area contributed by atoms with Gasteiger partial charge in [0.1, 0.15) is 5.69 Å². The minimum absolute atomic E-state index is 0.465. The maximum Gasteiger partial charge on any atom is 0.153 e. The van der Waals surface area contributed by atoms with Crippen molar-refractivity contribution in [2.24, 2.45) is 5.18 Å². The summed E-state index contributed by atoms with van der Waals surface area (Å²) in [5.74, 6) is 0. The van der Waals surface area contributed by atoms with E-state index >= 15 is 0 Å². The molecule has 0 saturated carbocycles. The first-order valence-corrected chi connectivity index (χ1v) is 9.76. The van der Waals surface area contributed by atoms with Gasteiger partial charge in [-0.3, -0.25) is 0 Å². The molecule has 2 aromatic rings. The molecule has 3 nitrogen and oxygen atoms in total. The Morgan fingerprint density at radius 1 is 0.842 bits per heavy atom. The van der Waals surface area contributed by atoms with E-state index in [1.54, 1.807) is 12.1 Å². The van der Waals surface area contributed by atoms with Gasteiger partial charge in [-0.25, -0.2) is 0 Å². The Bertz CT molecular complexity index is 547. The summed E-state index contributed by atoms with van der Waals surface area (Å²) in [7, 11) is -1.57. The molecule has 0 saturated heterocycles. The van der Waals surface area contributed by atoms with Crippen LogP contribution in [0.3, 0.4) is 0 Å². The van der Waals surface area contributed by atoms with Gasteiger partial charge in [0, 0.05) is 11.4 Å². The standard InChI is InChI=1S/C15H18N2OSi/c1-19(2,3)17(14-7-5-4-6-8-14)15-11-9-13(16-18)10-12-15/h4-12H,1-3H3. The SMILES string of the molecule is C[Si](C)(C)N(c1ccccc1)c1ccc(N=O)cc1. The Labute approximate surface area is 114 Å². The number of nitroso groups, excluding NO2 is 1. The third kappa shape index (κ3) is 3.09. The summed E-state index contributed by atoms with van der Waals surface area (Å²) in [5, 5.41) is 2.95. The highest BCUT2D eigenvalue weighted by Gasteiger charge is 2.25. The van der Waals surface area contributed by atoms with Crippen molar-refractivity contribution >= 4 is 25.3 Å². The molecular formula is C15H18N2OSi. The zero-order chi connectivity index (χ0) is 13.9. The minimum atomic E-state index is -1.57. The van der Waals surface area contributed by atoms with E-state index in [1.165, 1.54) is 5.69 Å². The van der Waals surface area contributed by atoms with Crippen LogP contribution < -0.4 is 4.57 Å². The van der Waals surface area contributed by atoms with Crippen molar-refractivity contribution in [3.63, 3.8) is 0 Å². The minimum Gasteiger partial charge on any atom is -0.369 e. The topological polar surface area (TPSA) is 32.7 Å². The van der Waals surface area contributed by atoms with Crippen LogP contribution >= 0.6 is 0 Å². The third-order valence-corrected chi connectivity index (χ3v) is 4.76. The van der Waals surface area contributed by atoms with Gasteiger partial charge < -0.3 is 4.57 Å². The monoisotopic (exact) mass is 270 g/mol. The molecule has 0 radical (unpaired) electrons. The highest BCUT2D eigenvalue weighted by molar-refractivity contribution is 6.81. The fourth-order valence-electron chi connectivity index (χ4n) is 2.16. The number of para-hydroxylation sites is 1. The third-order valence-electron chi connectivity index (χ3n) is 2.90. The van der Waals surface area contributed by atoms with Crippen LogP contribution in [0.4, 0.5) is 17.1 Å². The molecule has 0 amide bonds. The first-order chi connectivity index (χ1) is 9.02. The van der Waals surface area contributed by atoms with E-state index in [4.69, 9.17) is 0 Å². The van der Waals surface area contributed by atoms with Crippen LogP contribution in [0.15, 0.2) is 59.8 Å². The average molecular weight is 270 g/mol. The lowest BCUT2D eigenvalue weighted by atomic mass is 10.2. The van der Waals surface area contributed by atoms with Gasteiger partial charge in [-0.15, -0.1) is 4.91 Å². The van der Waals surface area contributed by atoms with Crippen molar-refractivity contribution in [2.45, 2.75) is 19.6 Å². The Morgan fingerprint density at radius 3 is 1.84 bits per heavy atom. The van der Waals surface area contributed by atoms with Crippen LogP contribution in [-0.2, 0) is 0 Å². The summed E-state index contributed by atoms with van der Waals surface area (Å²) in [5.41, 5.74) is 2.76. The van der Waals surface area contributed by atoms with E-state index in [0.29, 0.717) is 5.69 Å². The van der Waals surface area contributed by atoms with E-state index in [-0.39, 0.29) is 0 Å². The van der Waals surface area contributed by atoms with Crippen molar-refractivity contribution in [3.05, 3.63) is 59.5 Å². The summed E-state index contributed by atoms with van der Waals surface area (Å²) in [4.78, 5) is 10.5. The summed E-state index contributed by atoms with van der Waals surface area (Å²) >= 11 is 0. The van der Waals surface area contributed by atoms with Crippen LogP contribution in [0, 0.1) is 4.91 Å². The predicted octanol–water partition coefficient (Wildman–Crippen LogP) is 5.06.